The third-order valence-electron chi connectivity index (χ3n) is 10.7. The second kappa shape index (κ2) is 7.86. The molecule has 1 aliphatic heterocycles. The Balaban J connectivity index is 1.51. The maximum atomic E-state index is 12.1. The van der Waals surface area contributed by atoms with Crippen molar-refractivity contribution < 1.29 is 4.79 Å². The van der Waals surface area contributed by atoms with Crippen molar-refractivity contribution in [1.29, 1.82) is 0 Å². The van der Waals surface area contributed by atoms with Crippen LogP contribution in [0.1, 0.15) is 106 Å². The van der Waals surface area contributed by atoms with Crippen LogP contribution in [0.2, 0.25) is 0 Å². The van der Waals surface area contributed by atoms with Gasteiger partial charge in [-0.1, -0.05) is 60.8 Å². The Kier molecular flexibility index (Phi) is 5.88. The monoisotopic (exact) mass is 401 g/mol. The number of hydrogen-bond donors (Lipinski definition) is 1. The third kappa shape index (κ3) is 3.59. The molecule has 9 atom stereocenters. The zero-order valence-corrected chi connectivity index (χ0v) is 20.1. The zero-order chi connectivity index (χ0) is 21.0. The first-order chi connectivity index (χ1) is 13.7. The summed E-state index contributed by atoms with van der Waals surface area (Å²) in [6, 6.07) is 0.427. The van der Waals surface area contributed by atoms with Gasteiger partial charge in [0.15, 0.2) is 0 Å². The fourth-order valence-corrected chi connectivity index (χ4v) is 9.07. The van der Waals surface area contributed by atoms with E-state index >= 15 is 0 Å². The number of nitrogens with one attached hydrogen (secondary N) is 1. The lowest BCUT2D eigenvalue weighted by Crippen LogP contribution is -2.63. The Hall–Kier alpha value is -0.530. The second-order valence-corrected chi connectivity index (χ2v) is 12.7. The second-order valence-electron chi connectivity index (χ2n) is 12.7. The van der Waals surface area contributed by atoms with Crippen LogP contribution in [0.3, 0.4) is 0 Å². The molecule has 4 fully saturated rings. The van der Waals surface area contributed by atoms with Crippen molar-refractivity contribution >= 4 is 5.91 Å². The molecule has 4 aliphatic rings. The van der Waals surface area contributed by atoms with Gasteiger partial charge in [-0.2, -0.15) is 0 Å². The van der Waals surface area contributed by atoms with Crippen LogP contribution in [0.15, 0.2) is 0 Å². The number of carbonyl (C=O) groups excluding carboxylic acids is 1. The van der Waals surface area contributed by atoms with Crippen LogP contribution in [-0.4, -0.2) is 11.9 Å². The lowest BCUT2D eigenvalue weighted by atomic mass is 9.44. The van der Waals surface area contributed by atoms with E-state index in [1.54, 1.807) is 0 Å². The van der Waals surface area contributed by atoms with Gasteiger partial charge in [-0.05, 0) is 90.8 Å². The molecule has 0 aromatic heterocycles. The van der Waals surface area contributed by atoms with Gasteiger partial charge in [0.2, 0.25) is 5.91 Å². The lowest BCUT2D eigenvalue weighted by Gasteiger charge is -2.62. The van der Waals surface area contributed by atoms with Gasteiger partial charge in [-0.15, -0.1) is 0 Å². The highest BCUT2D eigenvalue weighted by Crippen LogP contribution is 2.67. The van der Waals surface area contributed by atoms with Crippen molar-refractivity contribution in [3.63, 3.8) is 0 Å². The molecule has 1 amide bonds. The van der Waals surface area contributed by atoms with Gasteiger partial charge in [-0.25, -0.2) is 0 Å². The minimum Gasteiger partial charge on any atom is -0.353 e. The lowest BCUT2D eigenvalue weighted by molar-refractivity contribution is -0.144. The maximum absolute atomic E-state index is 12.1. The number of fused-ring (bicyclic) bond motifs is 5. The van der Waals surface area contributed by atoms with Crippen molar-refractivity contribution in [2.75, 3.05) is 0 Å². The van der Waals surface area contributed by atoms with Gasteiger partial charge in [0.1, 0.15) is 0 Å². The molecule has 29 heavy (non-hydrogen) atoms. The number of carbonyl (C=O) groups is 1. The number of piperidine rings is 1. The van der Waals surface area contributed by atoms with Crippen LogP contribution in [0.25, 0.3) is 0 Å². The minimum absolute atomic E-state index is 0.301. The predicted molar refractivity (Wildman–Crippen MR) is 121 cm³/mol. The highest BCUT2D eigenvalue weighted by Gasteiger charge is 2.62. The molecule has 2 nitrogen and oxygen atoms in total. The number of hydrogen-bond acceptors (Lipinski definition) is 1. The van der Waals surface area contributed by atoms with Crippen LogP contribution in [0.4, 0.5) is 0 Å². The molecule has 2 heteroatoms. The van der Waals surface area contributed by atoms with Crippen molar-refractivity contribution in [3.05, 3.63) is 0 Å². The average Bonchev–Trinajstić information content (AvgIpc) is 3.00. The van der Waals surface area contributed by atoms with Crippen LogP contribution in [0.5, 0.6) is 0 Å². The maximum Gasteiger partial charge on any atom is 0.220 e. The van der Waals surface area contributed by atoms with Crippen LogP contribution < -0.4 is 5.32 Å². The summed E-state index contributed by atoms with van der Waals surface area (Å²) >= 11 is 0. The van der Waals surface area contributed by atoms with Gasteiger partial charge in [0.25, 0.3) is 0 Å². The minimum atomic E-state index is 0.301. The van der Waals surface area contributed by atoms with Crippen LogP contribution in [-0.2, 0) is 4.79 Å². The normalized spacial score (nSPS) is 47.9. The zero-order valence-electron chi connectivity index (χ0n) is 20.1. The fraction of sp³-hybridized carbons (Fsp3) is 0.963. The molecule has 4 rings (SSSR count). The molecule has 3 saturated carbocycles. The Labute approximate surface area is 180 Å². The Morgan fingerprint density at radius 2 is 1.72 bits per heavy atom. The third-order valence-corrected chi connectivity index (χ3v) is 10.7. The predicted octanol–water partition coefficient (Wildman–Crippen LogP) is 6.83. The molecule has 0 aromatic rings. The summed E-state index contributed by atoms with van der Waals surface area (Å²) in [5.74, 6) is 6.36. The largest absolute Gasteiger partial charge is 0.353 e. The quantitative estimate of drug-likeness (QED) is 0.537. The summed E-state index contributed by atoms with van der Waals surface area (Å²) in [4.78, 5) is 12.1. The van der Waals surface area contributed by atoms with Crippen LogP contribution >= 0.6 is 0 Å². The molecule has 0 spiro atoms. The summed E-state index contributed by atoms with van der Waals surface area (Å²) in [7, 11) is 0. The van der Waals surface area contributed by atoms with E-state index in [2.05, 4.69) is 46.9 Å². The Bertz CT molecular complexity index is 614. The van der Waals surface area contributed by atoms with Crippen molar-refractivity contribution in [1.82, 2.24) is 5.32 Å². The van der Waals surface area contributed by atoms with Gasteiger partial charge in [0, 0.05) is 12.5 Å². The van der Waals surface area contributed by atoms with Gasteiger partial charge in [-0.3, -0.25) is 4.79 Å². The molecule has 166 valence electrons. The summed E-state index contributed by atoms with van der Waals surface area (Å²) in [6.07, 6.45) is 13.1. The summed E-state index contributed by atoms with van der Waals surface area (Å²) in [5, 5.41) is 3.41. The summed E-state index contributed by atoms with van der Waals surface area (Å²) in [6.45, 7) is 15.0. The highest BCUT2D eigenvalue weighted by molar-refractivity contribution is 5.77. The molecule has 0 radical (unpaired) electrons. The molecule has 1 saturated heterocycles. The van der Waals surface area contributed by atoms with E-state index < -0.39 is 0 Å². The van der Waals surface area contributed by atoms with E-state index in [4.69, 9.17) is 0 Å². The van der Waals surface area contributed by atoms with Crippen molar-refractivity contribution in [2.24, 2.45) is 52.3 Å². The summed E-state index contributed by atoms with van der Waals surface area (Å²) in [5.41, 5.74) is 0.904. The van der Waals surface area contributed by atoms with Crippen LogP contribution in [0, 0.1) is 52.3 Å². The molecule has 3 aliphatic carbocycles. The highest BCUT2D eigenvalue weighted by atomic mass is 16.1. The van der Waals surface area contributed by atoms with E-state index in [9.17, 15) is 4.79 Å². The molecular weight excluding hydrogens is 354 g/mol. The van der Waals surface area contributed by atoms with E-state index in [1.165, 1.54) is 51.4 Å². The SMILES string of the molecule is CC(C)CCC[C@H](C)[C@H]1CCC2C3C(CC[C@@]21C)[C@@]1(C)CCC(=O)N[C@H]1C[C@@H]3C. The van der Waals surface area contributed by atoms with E-state index in [-0.39, 0.29) is 0 Å². The Morgan fingerprint density at radius 3 is 2.45 bits per heavy atom. The van der Waals surface area contributed by atoms with E-state index in [0.29, 0.717) is 22.8 Å². The fourth-order valence-electron chi connectivity index (χ4n) is 9.07. The first-order valence-corrected chi connectivity index (χ1v) is 13.0. The molecule has 1 N–H and O–H groups in total. The van der Waals surface area contributed by atoms with E-state index in [1.807, 2.05) is 0 Å². The topological polar surface area (TPSA) is 29.1 Å². The molecule has 1 heterocycles. The van der Waals surface area contributed by atoms with Crippen molar-refractivity contribution in [2.45, 2.75) is 112 Å². The summed E-state index contributed by atoms with van der Waals surface area (Å²) < 4.78 is 0. The first kappa shape index (κ1) is 21.7. The average molecular weight is 402 g/mol. The number of rotatable bonds is 5. The van der Waals surface area contributed by atoms with E-state index in [0.717, 1.165) is 54.3 Å². The van der Waals surface area contributed by atoms with Gasteiger partial charge < -0.3 is 5.32 Å². The Morgan fingerprint density at radius 1 is 1.00 bits per heavy atom. The molecular formula is C27H47NO. The molecule has 0 bridgehead atoms. The molecule has 3 unspecified atom stereocenters. The smallest absolute Gasteiger partial charge is 0.220 e. The van der Waals surface area contributed by atoms with Gasteiger partial charge >= 0.3 is 0 Å². The standard InChI is InChI=1S/C27H47NO/c1-17(2)8-7-9-18(3)20-10-11-21-25-19(4)16-23-27(6,15-13-24(29)28-23)22(25)12-14-26(20,21)5/h17-23,25H,7-16H2,1-6H3,(H,28,29)/t18-,19-,20+,21?,22?,23-,25?,26+,27+/m0/s1. The van der Waals surface area contributed by atoms with Gasteiger partial charge in [0.05, 0.1) is 0 Å². The first-order valence-electron chi connectivity index (χ1n) is 13.0. The molecule has 0 aromatic carbocycles. The van der Waals surface area contributed by atoms with Crippen molar-refractivity contribution in [3.8, 4) is 0 Å². The number of amides is 1.